The summed E-state index contributed by atoms with van der Waals surface area (Å²) in [6.45, 7) is 13.4. The van der Waals surface area contributed by atoms with Gasteiger partial charge in [-0.3, -0.25) is 0 Å². The molecule has 0 aliphatic rings. The van der Waals surface area contributed by atoms with E-state index in [9.17, 15) is 33.7 Å². The molecule has 0 aliphatic heterocycles. The van der Waals surface area contributed by atoms with Gasteiger partial charge in [-0.15, -0.1) is 0 Å². The van der Waals surface area contributed by atoms with Crippen molar-refractivity contribution in [3.8, 4) is 0 Å². The fourth-order valence-electron chi connectivity index (χ4n) is 5.42. The van der Waals surface area contributed by atoms with Gasteiger partial charge >= 0.3 is 312 Å². The van der Waals surface area contributed by atoms with Crippen molar-refractivity contribution in [1.82, 2.24) is 0 Å². The van der Waals surface area contributed by atoms with E-state index in [1.54, 1.807) is 107 Å². The molecule has 0 unspecified atom stereocenters. The van der Waals surface area contributed by atoms with E-state index in [-0.39, 0.29) is 32.3 Å². The van der Waals surface area contributed by atoms with Crippen LogP contribution in [0.4, 0.5) is 0 Å². The van der Waals surface area contributed by atoms with Gasteiger partial charge in [0.05, 0.1) is 0 Å². The molecule has 0 N–H and O–H groups in total. The molecule has 12 nitrogen and oxygen atoms in total. The van der Waals surface area contributed by atoms with E-state index in [0.717, 1.165) is 12.1 Å². The van der Waals surface area contributed by atoms with Crippen LogP contribution >= 0.6 is 27.3 Å². The van der Waals surface area contributed by atoms with Crippen LogP contribution in [0.5, 0.6) is 0 Å². The first-order valence-corrected chi connectivity index (χ1v) is 37.3. The molecule has 0 bridgehead atoms. The van der Waals surface area contributed by atoms with Crippen LogP contribution < -0.4 is 0 Å². The molecule has 0 atom stereocenters. The standard InChI is InChI=1S/C32H54O12P4S4/c1-45(2,3,4)41-49(33,34)27-21-28(50(35,36)42-46(5,6,7)8)24-19-20-26-30(52(39,40)44-48(13,14,15)16)22-29(51(37,38)43-47(9,10,11)12)25-18-17-23(27)31(24)32(25)26/h17-22H,1-16H3. The Bertz CT molecular complexity index is 2250. The van der Waals surface area contributed by atoms with Gasteiger partial charge in [0.25, 0.3) is 0 Å². The quantitative estimate of drug-likeness (QED) is 0.102. The Morgan fingerprint density at radius 3 is 0.615 bits per heavy atom. The molecule has 0 amide bonds. The third-order valence-corrected chi connectivity index (χ3v) is 22.6. The molecule has 0 radical (unpaired) electrons. The van der Waals surface area contributed by atoms with Gasteiger partial charge in [-0.2, -0.15) is 0 Å². The molecule has 20 heteroatoms. The van der Waals surface area contributed by atoms with Crippen LogP contribution in [0.1, 0.15) is 0 Å². The summed E-state index contributed by atoms with van der Waals surface area (Å²) in [7, 11) is -18.8. The summed E-state index contributed by atoms with van der Waals surface area (Å²) < 4.78 is 137. The molecule has 0 aliphatic carbocycles. The van der Waals surface area contributed by atoms with Crippen LogP contribution in [0.3, 0.4) is 0 Å². The van der Waals surface area contributed by atoms with Crippen LogP contribution in [0.15, 0.2) is 56.0 Å². The first-order valence-electron chi connectivity index (χ1n) is 15.9. The van der Waals surface area contributed by atoms with Gasteiger partial charge < -0.3 is 0 Å². The molecule has 0 aromatic heterocycles. The third kappa shape index (κ3) is 10.4. The summed E-state index contributed by atoms with van der Waals surface area (Å²) in [6, 6.07) is 7.45. The number of rotatable bonds is 12. The summed E-state index contributed by atoms with van der Waals surface area (Å²) in [4.78, 5) is -2.03. The van der Waals surface area contributed by atoms with Crippen molar-refractivity contribution in [2.75, 3.05) is 107 Å². The molecule has 0 spiro atoms. The van der Waals surface area contributed by atoms with Crippen LogP contribution in [-0.2, 0) is 56.4 Å². The summed E-state index contributed by atoms with van der Waals surface area (Å²) in [5.41, 5.74) is 0. The van der Waals surface area contributed by atoms with Gasteiger partial charge in [0.2, 0.25) is 0 Å². The van der Waals surface area contributed by atoms with E-state index in [4.69, 9.17) is 15.9 Å². The molecular formula is C32H54O12P4S4. The monoisotopic (exact) mass is 882 g/mol. The van der Waals surface area contributed by atoms with E-state index in [0.29, 0.717) is 0 Å². The van der Waals surface area contributed by atoms with Crippen molar-refractivity contribution >= 4 is 100 Å². The van der Waals surface area contributed by atoms with Crippen molar-refractivity contribution in [2.45, 2.75) is 19.6 Å². The Morgan fingerprint density at radius 1 is 0.327 bits per heavy atom. The van der Waals surface area contributed by atoms with Gasteiger partial charge in [-0.1, -0.05) is 0 Å². The maximum atomic E-state index is 14.2. The molecule has 52 heavy (non-hydrogen) atoms. The van der Waals surface area contributed by atoms with Crippen LogP contribution in [0, 0.1) is 0 Å². The minimum absolute atomic E-state index is 0.0149. The summed E-state index contributed by atoms with van der Waals surface area (Å²) in [5, 5.41) is -0.103. The topological polar surface area (TPSA) is 173 Å². The van der Waals surface area contributed by atoms with Crippen LogP contribution in [-0.4, -0.2) is 140 Å². The SMILES string of the molecule is CP(C)(C)(C)OS(=O)(=O)c1cc(S(=O)(=O)OP(C)(C)(C)C)c2ccc3c(S(=O)(=O)OP(C)(C)(C)C)cc(S(=O)(=O)OP(C)(C)(C)C)c4ccc1c2c43. The second-order valence-corrected chi connectivity index (χ2v) is 55.7. The molecule has 0 heterocycles. The predicted molar refractivity (Wildman–Crippen MR) is 226 cm³/mol. The van der Waals surface area contributed by atoms with Crippen molar-refractivity contribution < 1.29 is 49.6 Å². The number of hydrogen-bond donors (Lipinski definition) is 0. The van der Waals surface area contributed by atoms with Gasteiger partial charge in [-0.25, -0.2) is 0 Å². The molecule has 4 aromatic carbocycles. The van der Waals surface area contributed by atoms with Gasteiger partial charge in [0, 0.05) is 0 Å². The number of hydrogen-bond acceptors (Lipinski definition) is 12. The van der Waals surface area contributed by atoms with E-state index < -0.39 is 87.4 Å². The van der Waals surface area contributed by atoms with E-state index in [2.05, 4.69) is 0 Å². The van der Waals surface area contributed by atoms with Crippen molar-refractivity contribution in [3.63, 3.8) is 0 Å². The fraction of sp³-hybridized carbons (Fsp3) is 0.500. The molecular weight excluding hydrogens is 829 g/mol. The molecule has 4 rings (SSSR count). The second-order valence-electron chi connectivity index (χ2n) is 20.6. The van der Waals surface area contributed by atoms with E-state index >= 15 is 0 Å². The molecule has 4 aromatic rings. The van der Waals surface area contributed by atoms with Gasteiger partial charge in [0.1, 0.15) is 0 Å². The Morgan fingerprint density at radius 2 is 0.481 bits per heavy atom. The second kappa shape index (κ2) is 11.4. The summed E-state index contributed by atoms with van der Waals surface area (Å²) in [5.74, 6) is 0. The van der Waals surface area contributed by atoms with Gasteiger partial charge in [0.15, 0.2) is 0 Å². The zero-order valence-corrected chi connectivity index (χ0v) is 39.6. The molecule has 0 saturated carbocycles. The average Bonchev–Trinajstić information content (AvgIpc) is 2.78. The average molecular weight is 883 g/mol. The first-order chi connectivity index (χ1) is 22.3. The Balaban J connectivity index is 2.41. The predicted octanol–water partition coefficient (Wildman–Crippen LogP) is 7.36. The minimum atomic E-state index is -4.71. The van der Waals surface area contributed by atoms with Crippen LogP contribution in [0.25, 0.3) is 32.3 Å². The molecule has 0 fully saturated rings. The van der Waals surface area contributed by atoms with Crippen molar-refractivity contribution in [2.24, 2.45) is 0 Å². The Kier molecular flexibility index (Phi) is 9.69. The fourth-order valence-corrected chi connectivity index (χ4v) is 22.2. The summed E-state index contributed by atoms with van der Waals surface area (Å²) in [6.07, 6.45) is 0. The maximum absolute atomic E-state index is 14.2. The Hall–Kier alpha value is -0.720. The Labute approximate surface area is 310 Å². The zero-order chi connectivity index (χ0) is 40.6. The first kappa shape index (κ1) is 44.0. The summed E-state index contributed by atoms with van der Waals surface area (Å²) >= 11 is 0. The number of benzene rings is 4. The molecule has 0 saturated heterocycles. The van der Waals surface area contributed by atoms with E-state index in [1.165, 1.54) is 24.3 Å². The normalized spacial score (nSPS) is 17.9. The van der Waals surface area contributed by atoms with Crippen molar-refractivity contribution in [1.29, 1.82) is 0 Å². The third-order valence-electron chi connectivity index (χ3n) is 6.41. The van der Waals surface area contributed by atoms with Crippen LogP contribution in [0.2, 0.25) is 0 Å². The molecule has 298 valence electrons. The van der Waals surface area contributed by atoms with Gasteiger partial charge in [-0.05, 0) is 0 Å². The van der Waals surface area contributed by atoms with Crippen molar-refractivity contribution in [3.05, 3.63) is 36.4 Å². The van der Waals surface area contributed by atoms with E-state index in [1.807, 2.05) is 0 Å². The zero-order valence-electron chi connectivity index (χ0n) is 32.8.